The number of quaternary nitrogens is 1. The molecule has 1 aromatic heterocycles. The lowest BCUT2D eigenvalue weighted by Crippen LogP contribution is -2.57. The molecule has 1 saturated heterocycles. The van der Waals surface area contributed by atoms with Crippen molar-refractivity contribution < 1.29 is 51.9 Å². The maximum Gasteiger partial charge on any atom is 0.430 e. The van der Waals surface area contributed by atoms with Crippen molar-refractivity contribution in [3.63, 3.8) is 0 Å². The second-order valence-corrected chi connectivity index (χ2v) is 9.18. The topological polar surface area (TPSA) is 150 Å². The summed E-state index contributed by atoms with van der Waals surface area (Å²) >= 11 is 0. The number of benzene rings is 1. The van der Waals surface area contributed by atoms with Crippen molar-refractivity contribution >= 4 is 28.5 Å². The van der Waals surface area contributed by atoms with Crippen LogP contribution in [0.25, 0.3) is 10.9 Å². The van der Waals surface area contributed by atoms with E-state index in [1.54, 1.807) is 4.57 Å². The number of nitrogens with one attached hydrogen (secondary N) is 1. The summed E-state index contributed by atoms with van der Waals surface area (Å²) in [5.41, 5.74) is -0.0467. The maximum absolute atomic E-state index is 15.4. The molecule has 3 N–H and O–H groups in total. The van der Waals surface area contributed by atoms with Crippen molar-refractivity contribution in [1.82, 2.24) is 14.4 Å². The number of aromatic nitrogens is 1. The van der Waals surface area contributed by atoms with Crippen LogP contribution in [0.4, 0.5) is 23.2 Å². The molecule has 2 unspecified atom stereocenters. The van der Waals surface area contributed by atoms with E-state index in [4.69, 9.17) is 24.5 Å². The number of carboxylic acids is 1. The Morgan fingerprint density at radius 2 is 1.95 bits per heavy atom. The lowest BCUT2D eigenvalue weighted by Gasteiger charge is -2.39. The number of esters is 1. The van der Waals surface area contributed by atoms with E-state index in [1.165, 1.54) is 12.3 Å². The van der Waals surface area contributed by atoms with Crippen molar-refractivity contribution in [2.45, 2.75) is 25.2 Å². The number of rotatable bonds is 5. The predicted molar refractivity (Wildman–Crippen MR) is 123 cm³/mol. The fraction of sp³-hybridized carbons (Fsp3) is 0.522. The molecule has 0 radical (unpaired) electrons. The first-order valence-electron chi connectivity index (χ1n) is 11.6. The van der Waals surface area contributed by atoms with Gasteiger partial charge in [0.05, 0.1) is 38.2 Å². The van der Waals surface area contributed by atoms with E-state index < -0.39 is 48.7 Å². The number of carbonyl (C=O) groups excluding carboxylic acids is 2. The van der Waals surface area contributed by atoms with E-state index in [0.29, 0.717) is 34.5 Å². The summed E-state index contributed by atoms with van der Waals surface area (Å²) < 4.78 is 60.0. The first kappa shape index (κ1) is 29.3. The molecule has 0 bridgehead atoms. The molecule has 2 atom stereocenters. The monoisotopic (exact) mass is 549 g/mol. The molecule has 2 aliphatic heterocycles. The highest BCUT2D eigenvalue weighted by molar-refractivity contribution is 5.97. The molecule has 2 aromatic rings. The molecule has 0 aliphatic carbocycles. The number of nitrogens with zero attached hydrogens (tertiary/aromatic N) is 2. The molecule has 4 rings (SSSR count). The molecule has 1 aromatic carbocycles. The maximum atomic E-state index is 15.4. The fourth-order valence-electron chi connectivity index (χ4n) is 4.27. The minimum atomic E-state index is -5.19. The third-order valence-corrected chi connectivity index (χ3v) is 6.31. The van der Waals surface area contributed by atoms with Crippen LogP contribution in [0.5, 0.6) is 5.75 Å². The van der Waals surface area contributed by atoms with Crippen LogP contribution in [0, 0.1) is 5.82 Å². The Morgan fingerprint density at radius 3 is 2.50 bits per heavy atom. The average molecular weight is 549 g/mol. The minimum Gasteiger partial charge on any atom is -0.542 e. The van der Waals surface area contributed by atoms with E-state index in [9.17, 15) is 27.9 Å². The van der Waals surface area contributed by atoms with Crippen LogP contribution in [-0.4, -0.2) is 92.0 Å². The lowest BCUT2D eigenvalue weighted by molar-refractivity contribution is -0.344. The smallest absolute Gasteiger partial charge is 0.430 e. The summed E-state index contributed by atoms with van der Waals surface area (Å²) in [6, 6.07) is 0.982. The zero-order valence-corrected chi connectivity index (χ0v) is 20.5. The van der Waals surface area contributed by atoms with E-state index >= 15 is 4.39 Å². The number of likely N-dealkylation sites (N-methyl/N-ethyl adjacent to an activating group) is 1. The quantitative estimate of drug-likeness (QED) is 0.254. The number of pyridine rings is 1. The molecule has 0 spiro atoms. The van der Waals surface area contributed by atoms with Gasteiger partial charge in [-0.3, -0.25) is 9.28 Å². The summed E-state index contributed by atoms with van der Waals surface area (Å²) in [7, 11) is 1.95. The number of ether oxygens (including phenoxy) is 2. The van der Waals surface area contributed by atoms with Gasteiger partial charge >= 0.3 is 12.1 Å². The molecule has 3 heterocycles. The van der Waals surface area contributed by atoms with Gasteiger partial charge in [-0.25, -0.2) is 9.18 Å². The molecular formula is C23H27F4N3O8. The number of carbonyl (C=O) groups is 2. The van der Waals surface area contributed by atoms with E-state index in [2.05, 4.69) is 5.32 Å². The fourth-order valence-corrected chi connectivity index (χ4v) is 4.27. The Morgan fingerprint density at radius 1 is 1.34 bits per heavy atom. The van der Waals surface area contributed by atoms with Crippen molar-refractivity contribution in [2.75, 3.05) is 53.0 Å². The number of alkyl halides is 3. The predicted octanol–water partition coefficient (Wildman–Crippen LogP) is -0.557. The average Bonchev–Trinajstić information content (AvgIpc) is 2.85. The molecule has 0 amide bonds. The van der Waals surface area contributed by atoms with Gasteiger partial charge in [-0.05, 0) is 13.0 Å². The van der Waals surface area contributed by atoms with E-state index in [0.717, 1.165) is 13.1 Å². The van der Waals surface area contributed by atoms with Crippen LogP contribution in [0.2, 0.25) is 0 Å². The third-order valence-electron chi connectivity index (χ3n) is 6.31. The first-order chi connectivity index (χ1) is 17.7. The Balaban J connectivity index is 0.000000505. The van der Waals surface area contributed by atoms with Crippen molar-refractivity contribution in [2.24, 2.45) is 0 Å². The number of hydrogen-bond acceptors (Lipinski definition) is 9. The zero-order chi connectivity index (χ0) is 28.4. The van der Waals surface area contributed by atoms with Gasteiger partial charge < -0.3 is 39.5 Å². The Hall–Kier alpha value is -3.27. The SMILES string of the molecule is CC1COc2c([N+]3(C)CCNCC3)c(F)cc3c(=O)c(C(=O)OCC(O)CO)cn1c23.O=C([O-])C(F)(F)F. The lowest BCUT2D eigenvalue weighted by atomic mass is 10.0. The van der Waals surface area contributed by atoms with Gasteiger partial charge in [0.2, 0.25) is 16.9 Å². The Bertz CT molecular complexity index is 1270. The van der Waals surface area contributed by atoms with Crippen LogP contribution in [0.3, 0.4) is 0 Å². The minimum absolute atomic E-state index is 0.0432. The summed E-state index contributed by atoms with van der Waals surface area (Å²) in [4.78, 5) is 34.4. The van der Waals surface area contributed by atoms with E-state index in [1.807, 2.05) is 14.0 Å². The molecule has 15 heteroatoms. The third kappa shape index (κ3) is 5.90. The summed E-state index contributed by atoms with van der Waals surface area (Å²) in [6.07, 6.45) is -5.03. The number of halogens is 4. The van der Waals surface area contributed by atoms with Gasteiger partial charge in [0.1, 0.15) is 36.4 Å². The highest BCUT2D eigenvalue weighted by Gasteiger charge is 2.39. The number of aliphatic hydroxyl groups excluding tert-OH is 2. The van der Waals surface area contributed by atoms with Crippen LogP contribution >= 0.6 is 0 Å². The van der Waals surface area contributed by atoms with Crippen LogP contribution in [0.1, 0.15) is 23.3 Å². The number of piperazine rings is 1. The highest BCUT2D eigenvalue weighted by Crippen LogP contribution is 2.44. The van der Waals surface area contributed by atoms with Gasteiger partial charge in [0.15, 0.2) is 5.82 Å². The number of aliphatic hydroxyl groups is 2. The highest BCUT2D eigenvalue weighted by atomic mass is 19.4. The van der Waals surface area contributed by atoms with Crippen molar-refractivity contribution in [3.8, 4) is 5.75 Å². The van der Waals surface area contributed by atoms with Gasteiger partial charge in [-0.2, -0.15) is 13.2 Å². The molecular weight excluding hydrogens is 522 g/mol. The van der Waals surface area contributed by atoms with Gasteiger partial charge in [0, 0.05) is 19.3 Å². The van der Waals surface area contributed by atoms with Crippen LogP contribution in [-0.2, 0) is 9.53 Å². The van der Waals surface area contributed by atoms with Gasteiger partial charge in [0.25, 0.3) is 0 Å². The Kier molecular flexibility index (Phi) is 8.65. The van der Waals surface area contributed by atoms with Crippen molar-refractivity contribution in [1.29, 1.82) is 0 Å². The summed E-state index contributed by atoms with van der Waals surface area (Å²) in [6.45, 7) is 3.94. The molecule has 11 nitrogen and oxygen atoms in total. The Labute approximate surface area is 213 Å². The van der Waals surface area contributed by atoms with Gasteiger partial charge in [-0.1, -0.05) is 0 Å². The van der Waals surface area contributed by atoms with E-state index in [-0.39, 0.29) is 23.6 Å². The second-order valence-electron chi connectivity index (χ2n) is 9.18. The number of hydrogen-bond donors (Lipinski definition) is 3. The summed E-state index contributed by atoms with van der Waals surface area (Å²) in [5.74, 6) is -4.15. The zero-order valence-electron chi connectivity index (χ0n) is 20.5. The largest absolute Gasteiger partial charge is 0.542 e. The van der Waals surface area contributed by atoms with Crippen LogP contribution < -0.4 is 25.1 Å². The second kappa shape index (κ2) is 11.2. The molecule has 0 saturated carbocycles. The van der Waals surface area contributed by atoms with Crippen LogP contribution in [0.15, 0.2) is 17.1 Å². The number of aliphatic carboxylic acids is 1. The van der Waals surface area contributed by atoms with Gasteiger partial charge in [-0.15, -0.1) is 0 Å². The first-order valence-corrected chi connectivity index (χ1v) is 11.6. The molecule has 2 aliphatic rings. The normalized spacial score (nSPS) is 19.1. The summed E-state index contributed by atoms with van der Waals surface area (Å²) in [5, 5.41) is 30.4. The molecule has 1 fully saturated rings. The molecule has 38 heavy (non-hydrogen) atoms. The standard InChI is InChI=1S/C21H27FN3O6.C2HF3O2/c1-12-10-30-20-17-14(7-16(22)18(20)25(2)5-3-23-4-6-25)19(28)15(8-24(12)17)21(29)31-11-13(27)9-26;3-2(4,5)1(6)7/h7-8,12-13,23,26-27H,3-6,9-11H2,1-2H3;(H,6,7)/q+1;/p-1. The number of carboxylic acid groups (broad SMARTS) is 1. The van der Waals surface area contributed by atoms with Crippen molar-refractivity contribution in [3.05, 3.63) is 33.9 Å². The molecule has 210 valence electrons.